The fourth-order valence-electron chi connectivity index (χ4n) is 1.89. The summed E-state index contributed by atoms with van der Waals surface area (Å²) in [5.41, 5.74) is 6.82. The number of nitrogens with one attached hydrogen (secondary N) is 1. The van der Waals surface area contributed by atoms with E-state index in [0.29, 0.717) is 16.9 Å². The van der Waals surface area contributed by atoms with E-state index >= 15 is 0 Å². The lowest BCUT2D eigenvalue weighted by molar-refractivity contribution is 0.102. The minimum atomic E-state index is -3.56. The Hall–Kier alpha value is -2.09. The van der Waals surface area contributed by atoms with Crippen LogP contribution >= 0.6 is 12.4 Å². The predicted molar refractivity (Wildman–Crippen MR) is 91.6 cm³/mol. The number of aliphatic hydroxyl groups excluding tert-OH is 1. The van der Waals surface area contributed by atoms with Crippen molar-refractivity contribution in [3.63, 3.8) is 0 Å². The second-order valence-electron chi connectivity index (χ2n) is 4.65. The highest BCUT2D eigenvalue weighted by molar-refractivity contribution is 7.91. The number of carbonyl (C=O) groups excluding carboxylic acids is 1. The van der Waals surface area contributed by atoms with Crippen molar-refractivity contribution in [2.45, 2.75) is 4.90 Å². The Kier molecular flexibility index (Phi) is 6.56. The van der Waals surface area contributed by atoms with Gasteiger partial charge < -0.3 is 16.2 Å². The molecule has 8 heteroatoms. The molecule has 0 saturated heterocycles. The summed E-state index contributed by atoms with van der Waals surface area (Å²) >= 11 is 0. The van der Waals surface area contributed by atoms with Gasteiger partial charge in [-0.15, -0.1) is 12.4 Å². The number of aliphatic hydroxyl groups is 1. The van der Waals surface area contributed by atoms with Gasteiger partial charge in [0.25, 0.3) is 5.91 Å². The predicted octanol–water partition coefficient (Wildman–Crippen LogP) is 1.71. The molecule has 4 N–H and O–H groups in total. The van der Waals surface area contributed by atoms with Crippen LogP contribution in [0.25, 0.3) is 0 Å². The number of anilines is 2. The minimum Gasteiger partial charge on any atom is -0.399 e. The van der Waals surface area contributed by atoms with Gasteiger partial charge in [-0.1, -0.05) is 12.1 Å². The van der Waals surface area contributed by atoms with Gasteiger partial charge in [0.2, 0.25) is 0 Å². The third-order valence-corrected chi connectivity index (χ3v) is 4.65. The van der Waals surface area contributed by atoms with Gasteiger partial charge in [0, 0.05) is 16.9 Å². The van der Waals surface area contributed by atoms with Crippen molar-refractivity contribution in [1.29, 1.82) is 0 Å². The summed E-state index contributed by atoms with van der Waals surface area (Å²) < 4.78 is 23.8. The van der Waals surface area contributed by atoms with Crippen molar-refractivity contribution >= 4 is 39.5 Å². The number of carbonyl (C=O) groups is 1. The lowest BCUT2D eigenvalue weighted by atomic mass is 10.2. The van der Waals surface area contributed by atoms with Crippen LogP contribution in [-0.2, 0) is 9.84 Å². The van der Waals surface area contributed by atoms with E-state index in [1.807, 2.05) is 0 Å². The molecule has 0 bridgehead atoms. The summed E-state index contributed by atoms with van der Waals surface area (Å²) in [7, 11) is -3.56. The molecule has 0 unspecified atom stereocenters. The molecule has 124 valence electrons. The van der Waals surface area contributed by atoms with E-state index in [4.69, 9.17) is 10.8 Å². The van der Waals surface area contributed by atoms with E-state index in [1.165, 1.54) is 24.3 Å². The normalized spacial score (nSPS) is 10.7. The zero-order valence-corrected chi connectivity index (χ0v) is 13.7. The van der Waals surface area contributed by atoms with Crippen molar-refractivity contribution in [3.8, 4) is 0 Å². The maximum absolute atomic E-state index is 12.1. The molecule has 0 aliphatic carbocycles. The van der Waals surface area contributed by atoms with E-state index in [9.17, 15) is 13.2 Å². The number of nitrogens with two attached hydrogens (primary N) is 1. The molecule has 0 radical (unpaired) electrons. The fourth-order valence-corrected chi connectivity index (χ4v) is 2.96. The number of sulfone groups is 1. The maximum atomic E-state index is 12.1. The molecule has 0 saturated carbocycles. The summed E-state index contributed by atoms with van der Waals surface area (Å²) in [6, 6.07) is 12.3. The van der Waals surface area contributed by atoms with Gasteiger partial charge in [-0.05, 0) is 36.4 Å². The topological polar surface area (TPSA) is 109 Å². The number of benzene rings is 2. The molecule has 0 fully saturated rings. The number of rotatable bonds is 5. The quantitative estimate of drug-likeness (QED) is 0.706. The maximum Gasteiger partial charge on any atom is 0.255 e. The van der Waals surface area contributed by atoms with Gasteiger partial charge in [0.05, 0.1) is 17.3 Å². The van der Waals surface area contributed by atoms with Gasteiger partial charge in [0.15, 0.2) is 9.84 Å². The van der Waals surface area contributed by atoms with E-state index in [-0.39, 0.29) is 29.0 Å². The molecule has 0 heterocycles. The molecular weight excluding hydrogens is 340 g/mol. The zero-order valence-electron chi connectivity index (χ0n) is 12.1. The van der Waals surface area contributed by atoms with Crippen LogP contribution in [0.5, 0.6) is 0 Å². The van der Waals surface area contributed by atoms with Gasteiger partial charge >= 0.3 is 0 Å². The number of hydrogen-bond acceptors (Lipinski definition) is 5. The van der Waals surface area contributed by atoms with Gasteiger partial charge in [-0.25, -0.2) is 8.42 Å². The average molecular weight is 357 g/mol. The Labute approximate surface area is 140 Å². The van der Waals surface area contributed by atoms with Crippen molar-refractivity contribution < 1.29 is 18.3 Å². The largest absolute Gasteiger partial charge is 0.399 e. The summed E-state index contributed by atoms with van der Waals surface area (Å²) in [6.07, 6.45) is 0. The first-order chi connectivity index (χ1) is 10.4. The van der Waals surface area contributed by atoms with E-state index in [1.54, 1.807) is 24.3 Å². The van der Waals surface area contributed by atoms with Crippen LogP contribution < -0.4 is 11.1 Å². The third-order valence-electron chi connectivity index (χ3n) is 2.96. The highest BCUT2D eigenvalue weighted by atomic mass is 35.5. The Bertz CT molecular complexity index is 794. The fraction of sp³-hybridized carbons (Fsp3) is 0.133. The summed E-state index contributed by atoms with van der Waals surface area (Å²) in [5, 5.41) is 11.4. The Balaban J connectivity index is 0.00000264. The molecule has 0 aliphatic heterocycles. The number of nitrogen functional groups attached to an aromatic ring is 1. The molecular formula is C15H17ClN2O4S. The van der Waals surface area contributed by atoms with E-state index < -0.39 is 16.4 Å². The van der Waals surface area contributed by atoms with Gasteiger partial charge in [0.1, 0.15) is 0 Å². The Morgan fingerprint density at radius 2 is 1.83 bits per heavy atom. The van der Waals surface area contributed by atoms with Crippen molar-refractivity contribution in [2.24, 2.45) is 0 Å². The van der Waals surface area contributed by atoms with Crippen LogP contribution in [0.3, 0.4) is 0 Å². The van der Waals surface area contributed by atoms with Crippen LogP contribution in [0.4, 0.5) is 11.4 Å². The van der Waals surface area contributed by atoms with Crippen molar-refractivity contribution in [1.82, 2.24) is 0 Å². The van der Waals surface area contributed by atoms with Crippen LogP contribution in [0, 0.1) is 0 Å². The molecule has 2 aromatic rings. The first kappa shape index (κ1) is 19.0. The summed E-state index contributed by atoms with van der Waals surface area (Å²) in [4.78, 5) is 12.1. The SMILES string of the molecule is Cl.Nc1cccc(C(=O)Nc2cccc(S(=O)(=O)CCO)c2)c1. The molecule has 0 aliphatic rings. The van der Waals surface area contributed by atoms with E-state index in [0.717, 1.165) is 0 Å². The molecule has 0 spiro atoms. The first-order valence-electron chi connectivity index (χ1n) is 6.53. The monoisotopic (exact) mass is 356 g/mol. The zero-order chi connectivity index (χ0) is 16.2. The molecule has 2 rings (SSSR count). The van der Waals surface area contributed by atoms with Gasteiger partial charge in [-0.3, -0.25) is 4.79 Å². The lowest BCUT2D eigenvalue weighted by Crippen LogP contribution is -2.14. The van der Waals surface area contributed by atoms with Crippen molar-refractivity contribution in [3.05, 3.63) is 54.1 Å². The van der Waals surface area contributed by atoms with Crippen LogP contribution in [0.15, 0.2) is 53.4 Å². The van der Waals surface area contributed by atoms with E-state index in [2.05, 4.69) is 5.32 Å². The Morgan fingerprint density at radius 3 is 2.48 bits per heavy atom. The molecule has 23 heavy (non-hydrogen) atoms. The second kappa shape index (κ2) is 7.96. The average Bonchev–Trinajstić information content (AvgIpc) is 2.47. The molecule has 1 amide bonds. The van der Waals surface area contributed by atoms with Crippen LogP contribution in [0.2, 0.25) is 0 Å². The molecule has 0 atom stereocenters. The summed E-state index contributed by atoms with van der Waals surface area (Å²) in [6.45, 7) is -0.456. The Morgan fingerprint density at radius 1 is 1.13 bits per heavy atom. The molecule has 0 aromatic heterocycles. The smallest absolute Gasteiger partial charge is 0.255 e. The number of halogens is 1. The molecule has 2 aromatic carbocycles. The third kappa shape index (κ3) is 4.95. The lowest BCUT2D eigenvalue weighted by Gasteiger charge is -2.08. The standard InChI is InChI=1S/C15H16N2O4S.ClH/c16-12-4-1-3-11(9-12)15(19)17-13-5-2-6-14(10-13)22(20,21)8-7-18;/h1-6,9-10,18H,7-8,16H2,(H,17,19);1H. The number of amides is 1. The molecule has 6 nitrogen and oxygen atoms in total. The van der Waals surface area contributed by atoms with Crippen LogP contribution in [-0.4, -0.2) is 31.8 Å². The first-order valence-corrected chi connectivity index (χ1v) is 8.18. The highest BCUT2D eigenvalue weighted by Gasteiger charge is 2.14. The second-order valence-corrected chi connectivity index (χ2v) is 6.76. The number of hydrogen-bond donors (Lipinski definition) is 3. The van der Waals surface area contributed by atoms with Gasteiger partial charge in [-0.2, -0.15) is 0 Å². The van der Waals surface area contributed by atoms with Crippen molar-refractivity contribution in [2.75, 3.05) is 23.4 Å². The van der Waals surface area contributed by atoms with Crippen LogP contribution in [0.1, 0.15) is 10.4 Å². The summed E-state index contributed by atoms with van der Waals surface area (Å²) in [5.74, 6) is -0.747. The highest BCUT2D eigenvalue weighted by Crippen LogP contribution is 2.18. The minimum absolute atomic E-state index is 0.